The van der Waals surface area contributed by atoms with Crippen LogP contribution in [0, 0.1) is 0 Å². The summed E-state index contributed by atoms with van der Waals surface area (Å²) < 4.78 is 26.4. The third kappa shape index (κ3) is 4.59. The Hall–Kier alpha value is -1.84. The molecule has 8 nitrogen and oxygen atoms in total. The molecule has 0 saturated carbocycles. The molecule has 0 atom stereocenters. The van der Waals surface area contributed by atoms with Gasteiger partial charge in [0, 0.05) is 37.7 Å². The molecule has 2 amide bonds. The van der Waals surface area contributed by atoms with E-state index < -0.39 is 16.0 Å². The van der Waals surface area contributed by atoms with Crippen molar-refractivity contribution in [2.24, 2.45) is 0 Å². The van der Waals surface area contributed by atoms with Gasteiger partial charge in [-0.25, -0.2) is 13.2 Å². The van der Waals surface area contributed by atoms with Crippen molar-refractivity contribution in [3.05, 3.63) is 29.3 Å². The molecule has 1 aliphatic rings. The fourth-order valence-corrected chi connectivity index (χ4v) is 3.82. The molecule has 10 heteroatoms. The monoisotopic (exact) mass is 375 g/mol. The van der Waals surface area contributed by atoms with Crippen molar-refractivity contribution < 1.29 is 23.1 Å². The molecule has 0 unspecified atom stereocenters. The smallest absolute Gasteiger partial charge is 0.317 e. The number of amides is 2. The zero-order valence-electron chi connectivity index (χ0n) is 12.8. The average Bonchev–Trinajstić information content (AvgIpc) is 2.55. The van der Waals surface area contributed by atoms with Gasteiger partial charge in [0.25, 0.3) is 0 Å². The van der Waals surface area contributed by atoms with Crippen LogP contribution in [0.3, 0.4) is 0 Å². The Bertz CT molecular complexity index is 700. The van der Waals surface area contributed by atoms with Crippen molar-refractivity contribution in [1.82, 2.24) is 14.5 Å². The van der Waals surface area contributed by atoms with E-state index in [2.05, 4.69) is 5.32 Å². The summed E-state index contributed by atoms with van der Waals surface area (Å²) in [5, 5.41) is 11.5. The minimum absolute atomic E-state index is 0.0391. The second-order valence-corrected chi connectivity index (χ2v) is 7.60. The Kier molecular flexibility index (Phi) is 6.03. The van der Waals surface area contributed by atoms with Gasteiger partial charge >= 0.3 is 12.0 Å². The normalized spacial score (nSPS) is 16.0. The lowest BCUT2D eigenvalue weighted by Crippen LogP contribution is -2.53. The van der Waals surface area contributed by atoms with Gasteiger partial charge in [0.1, 0.15) is 0 Å². The Labute approximate surface area is 145 Å². The number of benzene rings is 1. The number of sulfonamides is 1. The third-order valence-electron chi connectivity index (χ3n) is 3.59. The van der Waals surface area contributed by atoms with Gasteiger partial charge in [-0.05, 0) is 24.3 Å². The van der Waals surface area contributed by atoms with Crippen LogP contribution in [-0.2, 0) is 14.8 Å². The van der Waals surface area contributed by atoms with Gasteiger partial charge in [0.05, 0.1) is 11.3 Å². The van der Waals surface area contributed by atoms with E-state index in [4.69, 9.17) is 16.7 Å². The molecule has 2 rings (SSSR count). The number of hydrogen-bond acceptors (Lipinski definition) is 4. The van der Waals surface area contributed by atoms with Crippen molar-refractivity contribution in [2.75, 3.05) is 32.7 Å². The highest BCUT2D eigenvalue weighted by Crippen LogP contribution is 2.19. The van der Waals surface area contributed by atoms with Gasteiger partial charge < -0.3 is 15.3 Å². The molecule has 1 saturated heterocycles. The first-order valence-electron chi connectivity index (χ1n) is 7.31. The summed E-state index contributed by atoms with van der Waals surface area (Å²) in [6.07, 6.45) is -0.156. The summed E-state index contributed by atoms with van der Waals surface area (Å²) in [6, 6.07) is 5.53. The van der Waals surface area contributed by atoms with E-state index in [-0.39, 0.29) is 50.1 Å². The van der Waals surface area contributed by atoms with Gasteiger partial charge in [-0.1, -0.05) is 11.6 Å². The van der Waals surface area contributed by atoms with Crippen LogP contribution in [0.1, 0.15) is 6.42 Å². The molecular formula is C14H18ClN3O5S. The fraction of sp³-hybridized carbons (Fsp3) is 0.429. The van der Waals surface area contributed by atoms with Crippen LogP contribution >= 0.6 is 11.6 Å². The summed E-state index contributed by atoms with van der Waals surface area (Å²) in [4.78, 5) is 23.9. The molecule has 0 aliphatic carbocycles. The third-order valence-corrected chi connectivity index (χ3v) is 5.76. The van der Waals surface area contributed by atoms with Crippen LogP contribution in [-0.4, -0.2) is 67.5 Å². The van der Waals surface area contributed by atoms with Crippen LogP contribution in [0.4, 0.5) is 4.79 Å². The number of halogens is 1. The van der Waals surface area contributed by atoms with Crippen molar-refractivity contribution in [3.63, 3.8) is 0 Å². The highest BCUT2D eigenvalue weighted by atomic mass is 35.5. The number of aliphatic carboxylic acids is 1. The van der Waals surface area contributed by atoms with Crippen molar-refractivity contribution >= 4 is 33.6 Å². The van der Waals surface area contributed by atoms with E-state index in [1.54, 1.807) is 0 Å². The maximum absolute atomic E-state index is 12.5. The van der Waals surface area contributed by atoms with Crippen LogP contribution in [0.25, 0.3) is 0 Å². The first-order chi connectivity index (χ1) is 11.3. The molecule has 1 heterocycles. The molecule has 2 N–H and O–H groups in total. The summed E-state index contributed by atoms with van der Waals surface area (Å²) in [7, 11) is -3.62. The number of urea groups is 1. The van der Waals surface area contributed by atoms with Crippen LogP contribution in [0.5, 0.6) is 0 Å². The molecule has 132 valence electrons. The van der Waals surface area contributed by atoms with E-state index >= 15 is 0 Å². The lowest BCUT2D eigenvalue weighted by Gasteiger charge is -2.34. The molecular weight excluding hydrogens is 358 g/mol. The topological polar surface area (TPSA) is 107 Å². The Morgan fingerprint density at radius 2 is 1.71 bits per heavy atom. The van der Waals surface area contributed by atoms with E-state index in [0.717, 1.165) is 0 Å². The number of carbonyl (C=O) groups is 2. The fourth-order valence-electron chi connectivity index (χ4n) is 2.28. The maximum atomic E-state index is 12.5. The number of carbonyl (C=O) groups excluding carboxylic acids is 1. The van der Waals surface area contributed by atoms with E-state index in [9.17, 15) is 18.0 Å². The second kappa shape index (κ2) is 7.82. The standard InChI is InChI=1S/C14H18ClN3O5S/c15-11-1-3-12(4-2-11)24(22,23)18-9-7-17(8-10-18)14(21)16-6-5-13(19)20/h1-4H,5-10H2,(H,16,21)(H,19,20). The predicted octanol–water partition coefficient (Wildman–Crippen LogP) is 0.831. The molecule has 1 aliphatic heterocycles. The number of nitrogens with one attached hydrogen (secondary N) is 1. The van der Waals surface area contributed by atoms with Crippen molar-refractivity contribution in [2.45, 2.75) is 11.3 Å². The largest absolute Gasteiger partial charge is 0.481 e. The van der Waals surface area contributed by atoms with Crippen molar-refractivity contribution in [1.29, 1.82) is 0 Å². The lowest BCUT2D eigenvalue weighted by molar-refractivity contribution is -0.136. The summed E-state index contributed by atoms with van der Waals surface area (Å²) in [6.45, 7) is 0.878. The molecule has 0 radical (unpaired) electrons. The van der Waals surface area contributed by atoms with Crippen LogP contribution in [0.2, 0.25) is 5.02 Å². The first kappa shape index (κ1) is 18.5. The average molecular weight is 376 g/mol. The van der Waals surface area contributed by atoms with Gasteiger partial charge in [-0.3, -0.25) is 4.79 Å². The van der Waals surface area contributed by atoms with Crippen LogP contribution < -0.4 is 5.32 Å². The Morgan fingerprint density at radius 1 is 1.12 bits per heavy atom. The number of rotatable bonds is 5. The molecule has 0 spiro atoms. The summed E-state index contributed by atoms with van der Waals surface area (Å²) >= 11 is 5.77. The van der Waals surface area contributed by atoms with Gasteiger partial charge in [-0.15, -0.1) is 0 Å². The number of piperazine rings is 1. The van der Waals surface area contributed by atoms with Gasteiger partial charge in [0.2, 0.25) is 10.0 Å². The molecule has 1 aromatic rings. The summed E-state index contributed by atoms with van der Waals surface area (Å²) in [5.41, 5.74) is 0. The van der Waals surface area contributed by atoms with Gasteiger partial charge in [-0.2, -0.15) is 4.31 Å². The van der Waals surface area contributed by atoms with E-state index in [0.29, 0.717) is 5.02 Å². The predicted molar refractivity (Wildman–Crippen MR) is 87.4 cm³/mol. The number of carboxylic acids is 1. The number of carboxylic acid groups (broad SMARTS) is 1. The highest BCUT2D eigenvalue weighted by molar-refractivity contribution is 7.89. The summed E-state index contributed by atoms with van der Waals surface area (Å²) in [5.74, 6) is -0.992. The molecule has 1 aromatic carbocycles. The Balaban J connectivity index is 1.91. The minimum Gasteiger partial charge on any atom is -0.481 e. The maximum Gasteiger partial charge on any atom is 0.317 e. The first-order valence-corrected chi connectivity index (χ1v) is 9.13. The zero-order chi connectivity index (χ0) is 17.7. The molecule has 1 fully saturated rings. The highest BCUT2D eigenvalue weighted by Gasteiger charge is 2.29. The minimum atomic E-state index is -3.62. The SMILES string of the molecule is O=C(O)CCNC(=O)N1CCN(S(=O)(=O)c2ccc(Cl)cc2)CC1. The Morgan fingerprint density at radius 3 is 2.25 bits per heavy atom. The van der Waals surface area contributed by atoms with E-state index in [1.165, 1.54) is 33.5 Å². The molecule has 24 heavy (non-hydrogen) atoms. The van der Waals surface area contributed by atoms with Gasteiger partial charge in [0.15, 0.2) is 0 Å². The molecule has 0 bridgehead atoms. The number of hydrogen-bond donors (Lipinski definition) is 2. The van der Waals surface area contributed by atoms with Crippen molar-refractivity contribution in [3.8, 4) is 0 Å². The second-order valence-electron chi connectivity index (χ2n) is 5.22. The zero-order valence-corrected chi connectivity index (χ0v) is 14.4. The quantitative estimate of drug-likeness (QED) is 0.792. The number of nitrogens with zero attached hydrogens (tertiary/aromatic N) is 2. The van der Waals surface area contributed by atoms with E-state index in [1.807, 2.05) is 0 Å². The van der Waals surface area contributed by atoms with Crippen LogP contribution in [0.15, 0.2) is 29.2 Å². The molecule has 0 aromatic heterocycles. The lowest BCUT2D eigenvalue weighted by atomic mass is 10.4.